The lowest BCUT2D eigenvalue weighted by Gasteiger charge is -2.30. The molecule has 0 unspecified atom stereocenters. The molecule has 146 valence electrons. The number of carbonyl (C=O) groups excluding carboxylic acids is 3. The standard InChI is InChI=1S/C17H23N5O5/c18-21-13(7-19-9-16(25)26)8-20-17(27)12-3-1-11(2-4-12)10-22-14(23)5-6-15(22)24/h5-7,11-12H,1-4,8-10,18H2,(H,20,27)(H,25,26). The number of carboxylic acid groups (broad SMARTS) is 1. The van der Waals surface area contributed by atoms with Gasteiger partial charge in [0.05, 0.1) is 12.3 Å². The smallest absolute Gasteiger partial charge is 0.325 e. The van der Waals surface area contributed by atoms with E-state index < -0.39 is 12.5 Å². The summed E-state index contributed by atoms with van der Waals surface area (Å²) in [6.07, 6.45) is 6.63. The first-order chi connectivity index (χ1) is 12.9. The molecule has 2 aliphatic rings. The van der Waals surface area contributed by atoms with Crippen molar-refractivity contribution >= 4 is 35.6 Å². The number of nitrogens with two attached hydrogens (primary N) is 1. The van der Waals surface area contributed by atoms with Crippen LogP contribution in [0.15, 0.2) is 22.2 Å². The van der Waals surface area contributed by atoms with Crippen molar-refractivity contribution in [1.82, 2.24) is 10.2 Å². The van der Waals surface area contributed by atoms with E-state index in [1.54, 1.807) is 0 Å². The van der Waals surface area contributed by atoms with Crippen LogP contribution < -0.4 is 11.2 Å². The molecule has 0 radical (unpaired) electrons. The molecule has 4 N–H and O–H groups in total. The Morgan fingerprint density at radius 2 is 1.85 bits per heavy atom. The maximum atomic E-state index is 12.3. The number of hydrazone groups is 1. The molecule has 0 aromatic carbocycles. The predicted octanol–water partition coefficient (Wildman–Crippen LogP) is -0.696. The molecule has 1 aliphatic carbocycles. The van der Waals surface area contributed by atoms with E-state index in [1.165, 1.54) is 23.3 Å². The van der Waals surface area contributed by atoms with E-state index in [0.717, 1.165) is 12.8 Å². The molecule has 0 spiro atoms. The second-order valence-corrected chi connectivity index (χ2v) is 6.54. The Balaban J connectivity index is 1.73. The second-order valence-electron chi connectivity index (χ2n) is 6.54. The molecule has 1 fully saturated rings. The quantitative estimate of drug-likeness (QED) is 0.220. The molecule has 1 aliphatic heterocycles. The third kappa shape index (κ3) is 6.01. The average molecular weight is 377 g/mol. The van der Waals surface area contributed by atoms with Crippen molar-refractivity contribution in [1.29, 1.82) is 0 Å². The lowest BCUT2D eigenvalue weighted by molar-refractivity contribution is -0.138. The zero-order valence-corrected chi connectivity index (χ0v) is 14.8. The van der Waals surface area contributed by atoms with E-state index >= 15 is 0 Å². The number of aliphatic carboxylic acids is 1. The van der Waals surface area contributed by atoms with Crippen LogP contribution in [-0.2, 0) is 19.2 Å². The normalized spacial score (nSPS) is 23.3. The number of hydrogen-bond acceptors (Lipinski definition) is 7. The van der Waals surface area contributed by atoms with Gasteiger partial charge in [0.2, 0.25) is 5.91 Å². The molecule has 0 atom stereocenters. The van der Waals surface area contributed by atoms with Crippen molar-refractivity contribution in [2.24, 2.45) is 27.8 Å². The van der Waals surface area contributed by atoms with Crippen molar-refractivity contribution < 1.29 is 24.3 Å². The van der Waals surface area contributed by atoms with Gasteiger partial charge in [-0.1, -0.05) is 0 Å². The van der Waals surface area contributed by atoms with Crippen molar-refractivity contribution in [2.45, 2.75) is 25.7 Å². The van der Waals surface area contributed by atoms with E-state index in [2.05, 4.69) is 15.4 Å². The van der Waals surface area contributed by atoms with Gasteiger partial charge in [0.15, 0.2) is 0 Å². The van der Waals surface area contributed by atoms with Gasteiger partial charge in [0.1, 0.15) is 6.54 Å². The van der Waals surface area contributed by atoms with Crippen LogP contribution in [0.25, 0.3) is 0 Å². The van der Waals surface area contributed by atoms with Crippen molar-refractivity contribution in [3.05, 3.63) is 12.2 Å². The second kappa shape index (κ2) is 9.60. The molecular formula is C17H23N5O5. The Labute approximate surface area is 156 Å². The summed E-state index contributed by atoms with van der Waals surface area (Å²) in [6.45, 7) is 0.0678. The number of imide groups is 1. The highest BCUT2D eigenvalue weighted by Crippen LogP contribution is 2.30. The molecular weight excluding hydrogens is 354 g/mol. The number of carboxylic acids is 1. The Morgan fingerprint density at radius 1 is 1.22 bits per heavy atom. The lowest BCUT2D eigenvalue weighted by Crippen LogP contribution is -2.39. The van der Waals surface area contributed by atoms with Crippen LogP contribution in [0, 0.1) is 11.8 Å². The monoisotopic (exact) mass is 377 g/mol. The van der Waals surface area contributed by atoms with Gasteiger partial charge in [0.25, 0.3) is 11.8 Å². The van der Waals surface area contributed by atoms with Crippen molar-refractivity contribution in [3.63, 3.8) is 0 Å². The summed E-state index contributed by atoms with van der Waals surface area (Å²) in [5.74, 6) is 3.49. The first kappa shape index (κ1) is 20.3. The summed E-state index contributed by atoms with van der Waals surface area (Å²) < 4.78 is 0. The molecule has 3 amide bonds. The molecule has 0 aromatic heterocycles. The third-order valence-electron chi connectivity index (χ3n) is 4.64. The topological polar surface area (TPSA) is 155 Å². The zero-order valence-electron chi connectivity index (χ0n) is 14.8. The fourth-order valence-corrected chi connectivity index (χ4v) is 3.15. The summed E-state index contributed by atoms with van der Waals surface area (Å²) in [5.41, 5.74) is 0.275. The Kier molecular flexibility index (Phi) is 7.21. The minimum atomic E-state index is -1.07. The lowest BCUT2D eigenvalue weighted by atomic mass is 9.81. The van der Waals surface area contributed by atoms with Gasteiger partial charge in [-0.2, -0.15) is 5.10 Å². The average Bonchev–Trinajstić information content (AvgIpc) is 2.96. The molecule has 1 heterocycles. The summed E-state index contributed by atoms with van der Waals surface area (Å²) in [4.78, 5) is 50.8. The fourth-order valence-electron chi connectivity index (χ4n) is 3.15. The fraction of sp³-hybridized carbons (Fsp3) is 0.529. The van der Waals surface area contributed by atoms with Crippen LogP contribution in [-0.4, -0.2) is 65.3 Å². The summed E-state index contributed by atoms with van der Waals surface area (Å²) in [7, 11) is 0. The molecule has 2 rings (SSSR count). The molecule has 27 heavy (non-hydrogen) atoms. The first-order valence-corrected chi connectivity index (χ1v) is 8.70. The number of carbonyl (C=O) groups is 4. The number of nitrogens with one attached hydrogen (secondary N) is 1. The SMILES string of the molecule is NN=C(C=NCC(=O)O)CNC(=O)C1CCC(CN2C(=O)C=CC2=O)CC1. The largest absolute Gasteiger partial charge is 0.480 e. The van der Waals surface area contributed by atoms with E-state index in [1.807, 2.05) is 0 Å². The zero-order chi connectivity index (χ0) is 19.8. The third-order valence-corrected chi connectivity index (χ3v) is 4.64. The molecule has 1 saturated carbocycles. The van der Waals surface area contributed by atoms with Gasteiger partial charge in [-0.15, -0.1) is 0 Å². The van der Waals surface area contributed by atoms with Gasteiger partial charge in [-0.05, 0) is 31.6 Å². The Morgan fingerprint density at radius 3 is 2.41 bits per heavy atom. The van der Waals surface area contributed by atoms with Crippen LogP contribution in [0.2, 0.25) is 0 Å². The molecule has 0 bridgehead atoms. The van der Waals surface area contributed by atoms with Gasteiger partial charge in [-0.3, -0.25) is 29.1 Å². The molecule has 10 heteroatoms. The van der Waals surface area contributed by atoms with Crippen LogP contribution in [0.3, 0.4) is 0 Å². The molecule has 0 saturated heterocycles. The van der Waals surface area contributed by atoms with E-state index in [-0.39, 0.29) is 41.8 Å². The number of nitrogens with zero attached hydrogens (tertiary/aromatic N) is 3. The van der Waals surface area contributed by atoms with Crippen LogP contribution >= 0.6 is 0 Å². The summed E-state index contributed by atoms with van der Waals surface area (Å²) >= 11 is 0. The number of aliphatic imine (C=N–C) groups is 1. The van der Waals surface area contributed by atoms with Crippen LogP contribution in [0.5, 0.6) is 0 Å². The van der Waals surface area contributed by atoms with Gasteiger partial charge in [0, 0.05) is 30.8 Å². The van der Waals surface area contributed by atoms with Gasteiger partial charge in [-0.25, -0.2) is 0 Å². The number of rotatable bonds is 8. The van der Waals surface area contributed by atoms with E-state index in [4.69, 9.17) is 10.9 Å². The highest BCUT2D eigenvalue weighted by molar-refractivity contribution is 6.32. The minimum Gasteiger partial charge on any atom is -0.480 e. The highest BCUT2D eigenvalue weighted by Gasteiger charge is 2.31. The number of hydrogen-bond donors (Lipinski definition) is 3. The van der Waals surface area contributed by atoms with Crippen molar-refractivity contribution in [3.8, 4) is 0 Å². The van der Waals surface area contributed by atoms with Gasteiger partial charge < -0.3 is 16.3 Å². The maximum Gasteiger partial charge on any atom is 0.325 e. The maximum absolute atomic E-state index is 12.3. The van der Waals surface area contributed by atoms with E-state index in [0.29, 0.717) is 19.4 Å². The van der Waals surface area contributed by atoms with Crippen LogP contribution in [0.1, 0.15) is 25.7 Å². The van der Waals surface area contributed by atoms with Gasteiger partial charge >= 0.3 is 5.97 Å². The Bertz CT molecular complexity index is 674. The van der Waals surface area contributed by atoms with E-state index in [9.17, 15) is 19.2 Å². The predicted molar refractivity (Wildman–Crippen MR) is 96.9 cm³/mol. The highest BCUT2D eigenvalue weighted by atomic mass is 16.4. The molecule has 10 nitrogen and oxygen atoms in total. The molecule has 0 aromatic rings. The first-order valence-electron chi connectivity index (χ1n) is 8.70. The summed E-state index contributed by atoms with van der Waals surface area (Å²) in [6, 6.07) is 0. The summed E-state index contributed by atoms with van der Waals surface area (Å²) in [5, 5.41) is 14.7. The van der Waals surface area contributed by atoms with Crippen molar-refractivity contribution in [2.75, 3.05) is 19.6 Å². The number of amides is 3. The Hall–Kier alpha value is -3.04. The van der Waals surface area contributed by atoms with Crippen LogP contribution in [0.4, 0.5) is 0 Å². The minimum absolute atomic E-state index is 0.0703.